The van der Waals surface area contributed by atoms with Crippen LogP contribution in [0.4, 0.5) is 0 Å². The van der Waals surface area contributed by atoms with E-state index in [4.69, 9.17) is 0 Å². The van der Waals surface area contributed by atoms with Crippen molar-refractivity contribution in [1.82, 2.24) is 4.90 Å². The van der Waals surface area contributed by atoms with E-state index in [2.05, 4.69) is 25.8 Å². The molecule has 0 heterocycles. The van der Waals surface area contributed by atoms with Crippen LogP contribution in [0.25, 0.3) is 0 Å². The zero-order valence-electron chi connectivity index (χ0n) is 9.16. The van der Waals surface area contributed by atoms with Crippen LogP contribution < -0.4 is 0 Å². The first-order chi connectivity index (χ1) is 6.15. The molecular formula is C11H23NO. The lowest BCUT2D eigenvalue weighted by Crippen LogP contribution is -2.36. The summed E-state index contributed by atoms with van der Waals surface area (Å²) in [6.45, 7) is 5.30. The third kappa shape index (κ3) is 3.65. The van der Waals surface area contributed by atoms with Crippen molar-refractivity contribution in [3.8, 4) is 0 Å². The van der Waals surface area contributed by atoms with E-state index >= 15 is 0 Å². The van der Waals surface area contributed by atoms with Gasteiger partial charge in [0.15, 0.2) is 0 Å². The fourth-order valence-corrected chi connectivity index (χ4v) is 1.74. The molecule has 1 aliphatic rings. The lowest BCUT2D eigenvalue weighted by atomic mass is 10.1. The van der Waals surface area contributed by atoms with Gasteiger partial charge in [-0.2, -0.15) is 0 Å². The van der Waals surface area contributed by atoms with E-state index in [1.165, 1.54) is 25.7 Å². The molecule has 0 spiro atoms. The monoisotopic (exact) mass is 185 g/mol. The molecule has 0 aromatic heterocycles. The maximum Gasteiger partial charge on any atom is 0.0695 e. The Morgan fingerprint density at radius 2 is 2.08 bits per heavy atom. The summed E-state index contributed by atoms with van der Waals surface area (Å²) < 4.78 is 0. The number of hydrogen-bond acceptors (Lipinski definition) is 2. The van der Waals surface area contributed by atoms with E-state index in [0.29, 0.717) is 12.0 Å². The summed E-state index contributed by atoms with van der Waals surface area (Å²) >= 11 is 0. The van der Waals surface area contributed by atoms with Crippen molar-refractivity contribution >= 4 is 0 Å². The number of aliphatic hydroxyl groups excluding tert-OH is 1. The second-order valence-corrected chi connectivity index (χ2v) is 4.48. The molecule has 1 fully saturated rings. The second kappa shape index (κ2) is 4.97. The average Bonchev–Trinajstić information content (AvgIpc) is 2.86. The molecule has 0 amide bonds. The van der Waals surface area contributed by atoms with Gasteiger partial charge in [0, 0.05) is 12.6 Å². The molecule has 0 saturated heterocycles. The molecule has 0 aromatic carbocycles. The predicted molar refractivity (Wildman–Crippen MR) is 55.7 cm³/mol. The summed E-state index contributed by atoms with van der Waals surface area (Å²) in [4.78, 5) is 2.28. The second-order valence-electron chi connectivity index (χ2n) is 4.48. The van der Waals surface area contributed by atoms with Crippen LogP contribution in [0.5, 0.6) is 0 Å². The van der Waals surface area contributed by atoms with Gasteiger partial charge in [-0.05, 0) is 39.2 Å². The Balaban J connectivity index is 2.17. The number of nitrogens with zero attached hydrogens (tertiary/aromatic N) is 1. The van der Waals surface area contributed by atoms with E-state index < -0.39 is 0 Å². The smallest absolute Gasteiger partial charge is 0.0695 e. The van der Waals surface area contributed by atoms with Gasteiger partial charge >= 0.3 is 0 Å². The highest BCUT2D eigenvalue weighted by molar-refractivity contribution is 4.83. The van der Waals surface area contributed by atoms with Crippen molar-refractivity contribution < 1.29 is 5.11 Å². The highest BCUT2D eigenvalue weighted by atomic mass is 16.3. The van der Waals surface area contributed by atoms with Gasteiger partial charge in [-0.15, -0.1) is 0 Å². The SMILES string of the molecule is CCCC(C)N(C)CC(O)C1CC1. The number of aliphatic hydroxyl groups is 1. The Morgan fingerprint density at radius 3 is 2.54 bits per heavy atom. The van der Waals surface area contributed by atoms with Crippen LogP contribution in [0.15, 0.2) is 0 Å². The molecule has 0 aromatic rings. The van der Waals surface area contributed by atoms with E-state index in [0.717, 1.165) is 6.54 Å². The van der Waals surface area contributed by atoms with Gasteiger partial charge in [0.05, 0.1) is 6.10 Å². The molecule has 2 nitrogen and oxygen atoms in total. The molecule has 78 valence electrons. The lowest BCUT2D eigenvalue weighted by Gasteiger charge is -2.26. The summed E-state index contributed by atoms with van der Waals surface area (Å²) in [5, 5.41) is 9.73. The highest BCUT2D eigenvalue weighted by Crippen LogP contribution is 2.32. The van der Waals surface area contributed by atoms with E-state index in [9.17, 15) is 5.11 Å². The minimum atomic E-state index is -0.0793. The number of hydrogen-bond donors (Lipinski definition) is 1. The summed E-state index contributed by atoms with van der Waals surface area (Å²) in [6.07, 6.45) is 4.84. The number of rotatable bonds is 6. The summed E-state index contributed by atoms with van der Waals surface area (Å²) in [5.74, 6) is 0.608. The van der Waals surface area contributed by atoms with Crippen molar-refractivity contribution in [2.24, 2.45) is 5.92 Å². The Morgan fingerprint density at radius 1 is 1.46 bits per heavy atom. The van der Waals surface area contributed by atoms with Gasteiger partial charge in [0.25, 0.3) is 0 Å². The standard InChI is InChI=1S/C11H23NO/c1-4-5-9(2)12(3)8-11(13)10-6-7-10/h9-11,13H,4-8H2,1-3H3. The Bertz CT molecular complexity index is 145. The zero-order chi connectivity index (χ0) is 9.84. The Labute approximate surface area is 81.9 Å². The van der Waals surface area contributed by atoms with Crippen molar-refractivity contribution in [2.75, 3.05) is 13.6 Å². The summed E-state index contributed by atoms with van der Waals surface area (Å²) in [5.41, 5.74) is 0. The first-order valence-electron chi connectivity index (χ1n) is 5.53. The van der Waals surface area contributed by atoms with Crippen molar-refractivity contribution in [3.05, 3.63) is 0 Å². The van der Waals surface area contributed by atoms with Gasteiger partial charge in [-0.3, -0.25) is 0 Å². The van der Waals surface area contributed by atoms with E-state index in [-0.39, 0.29) is 6.10 Å². The number of likely N-dealkylation sites (N-methyl/N-ethyl adjacent to an activating group) is 1. The molecule has 1 rings (SSSR count). The topological polar surface area (TPSA) is 23.5 Å². The minimum Gasteiger partial charge on any atom is -0.392 e. The molecule has 2 heteroatoms. The fourth-order valence-electron chi connectivity index (χ4n) is 1.74. The molecule has 0 radical (unpaired) electrons. The predicted octanol–water partition coefficient (Wildman–Crippen LogP) is 1.88. The molecule has 2 atom stereocenters. The van der Waals surface area contributed by atoms with Crippen LogP contribution in [-0.2, 0) is 0 Å². The maximum atomic E-state index is 9.73. The molecule has 0 aliphatic heterocycles. The van der Waals surface area contributed by atoms with E-state index in [1.54, 1.807) is 0 Å². The molecule has 1 aliphatic carbocycles. The normalized spacial score (nSPS) is 21.9. The third-order valence-electron chi connectivity index (χ3n) is 3.10. The van der Waals surface area contributed by atoms with Gasteiger partial charge < -0.3 is 10.0 Å². The Hall–Kier alpha value is -0.0800. The first-order valence-corrected chi connectivity index (χ1v) is 5.53. The van der Waals surface area contributed by atoms with Crippen LogP contribution in [0.2, 0.25) is 0 Å². The summed E-state index contributed by atoms with van der Waals surface area (Å²) in [7, 11) is 2.12. The molecule has 0 bridgehead atoms. The molecule has 1 saturated carbocycles. The average molecular weight is 185 g/mol. The molecule has 13 heavy (non-hydrogen) atoms. The van der Waals surface area contributed by atoms with Crippen LogP contribution >= 0.6 is 0 Å². The largest absolute Gasteiger partial charge is 0.392 e. The lowest BCUT2D eigenvalue weighted by molar-refractivity contribution is 0.0891. The maximum absolute atomic E-state index is 9.73. The Kier molecular flexibility index (Phi) is 4.20. The van der Waals surface area contributed by atoms with Crippen molar-refractivity contribution in [3.63, 3.8) is 0 Å². The van der Waals surface area contributed by atoms with Gasteiger partial charge in [-0.1, -0.05) is 13.3 Å². The van der Waals surface area contributed by atoms with Crippen LogP contribution in [-0.4, -0.2) is 35.7 Å². The minimum absolute atomic E-state index is 0.0793. The van der Waals surface area contributed by atoms with Gasteiger partial charge in [-0.25, -0.2) is 0 Å². The molecule has 2 unspecified atom stereocenters. The first kappa shape index (κ1) is 11.0. The van der Waals surface area contributed by atoms with Gasteiger partial charge in [0.1, 0.15) is 0 Å². The quantitative estimate of drug-likeness (QED) is 0.683. The fraction of sp³-hybridized carbons (Fsp3) is 1.00. The van der Waals surface area contributed by atoms with Crippen molar-refractivity contribution in [1.29, 1.82) is 0 Å². The zero-order valence-corrected chi connectivity index (χ0v) is 9.16. The van der Waals surface area contributed by atoms with Gasteiger partial charge in [0.2, 0.25) is 0 Å². The highest BCUT2D eigenvalue weighted by Gasteiger charge is 2.30. The van der Waals surface area contributed by atoms with E-state index in [1.807, 2.05) is 0 Å². The summed E-state index contributed by atoms with van der Waals surface area (Å²) in [6, 6.07) is 0.610. The van der Waals surface area contributed by atoms with Crippen LogP contribution in [0, 0.1) is 5.92 Å². The van der Waals surface area contributed by atoms with Crippen LogP contribution in [0.1, 0.15) is 39.5 Å². The third-order valence-corrected chi connectivity index (χ3v) is 3.10. The molecular weight excluding hydrogens is 162 g/mol. The molecule has 1 N–H and O–H groups in total. The van der Waals surface area contributed by atoms with Crippen molar-refractivity contribution in [2.45, 2.75) is 51.7 Å². The van der Waals surface area contributed by atoms with Crippen LogP contribution in [0.3, 0.4) is 0 Å².